The quantitative estimate of drug-likeness (QED) is 0.845. The summed E-state index contributed by atoms with van der Waals surface area (Å²) in [6.07, 6.45) is 6.60. The van der Waals surface area contributed by atoms with Gasteiger partial charge in [-0.2, -0.15) is 0 Å². The largest absolute Gasteiger partial charge is 0.388 e. The molecule has 0 aromatic carbocycles. The first-order valence-corrected chi connectivity index (χ1v) is 8.83. The first-order valence-electron chi connectivity index (χ1n) is 8.83. The summed E-state index contributed by atoms with van der Waals surface area (Å²) in [5, 5.41) is 11.1. The van der Waals surface area contributed by atoms with Crippen LogP contribution in [0, 0.1) is 17.3 Å². The number of rotatable bonds is 5. The van der Waals surface area contributed by atoms with Crippen LogP contribution in [-0.4, -0.2) is 48.5 Å². The zero-order chi connectivity index (χ0) is 15.5. The molecule has 2 rings (SSSR count). The van der Waals surface area contributed by atoms with Crippen LogP contribution in [-0.2, 0) is 4.74 Å². The number of morpholine rings is 1. The van der Waals surface area contributed by atoms with Gasteiger partial charge in [-0.05, 0) is 37.0 Å². The molecule has 0 aromatic rings. The van der Waals surface area contributed by atoms with E-state index in [4.69, 9.17) is 4.74 Å². The van der Waals surface area contributed by atoms with Gasteiger partial charge in [0.1, 0.15) is 0 Å². The molecule has 1 saturated heterocycles. The summed E-state index contributed by atoms with van der Waals surface area (Å²) in [7, 11) is 0. The molecule has 0 bridgehead atoms. The van der Waals surface area contributed by atoms with Gasteiger partial charge in [0.05, 0.1) is 18.8 Å². The number of ether oxygens (including phenoxy) is 1. The third-order valence-corrected chi connectivity index (χ3v) is 5.94. The molecule has 1 saturated carbocycles. The lowest BCUT2D eigenvalue weighted by Crippen LogP contribution is -2.53. The smallest absolute Gasteiger partial charge is 0.0796 e. The Labute approximate surface area is 131 Å². The molecule has 2 fully saturated rings. The minimum absolute atomic E-state index is 0.0347. The first kappa shape index (κ1) is 17.2. The lowest BCUT2D eigenvalue weighted by atomic mass is 9.66. The highest BCUT2D eigenvalue weighted by atomic mass is 16.5. The van der Waals surface area contributed by atoms with Crippen molar-refractivity contribution in [1.82, 2.24) is 4.90 Å². The van der Waals surface area contributed by atoms with Crippen LogP contribution >= 0.6 is 0 Å². The van der Waals surface area contributed by atoms with E-state index in [0.29, 0.717) is 0 Å². The summed E-state index contributed by atoms with van der Waals surface area (Å²) >= 11 is 0. The first-order chi connectivity index (χ1) is 9.80. The predicted octanol–water partition coefficient (Wildman–Crippen LogP) is 3.31. The molecule has 3 heteroatoms. The van der Waals surface area contributed by atoms with Crippen LogP contribution in [0.1, 0.15) is 59.8 Å². The summed E-state index contributed by atoms with van der Waals surface area (Å²) in [5.74, 6) is 1.66. The van der Waals surface area contributed by atoms with Crippen LogP contribution in [0.4, 0.5) is 0 Å². The van der Waals surface area contributed by atoms with Crippen molar-refractivity contribution in [3.63, 3.8) is 0 Å². The van der Waals surface area contributed by atoms with Gasteiger partial charge < -0.3 is 9.84 Å². The van der Waals surface area contributed by atoms with Gasteiger partial charge >= 0.3 is 0 Å². The van der Waals surface area contributed by atoms with Gasteiger partial charge in [-0.15, -0.1) is 0 Å². The van der Waals surface area contributed by atoms with Crippen LogP contribution in [0.2, 0.25) is 0 Å². The van der Waals surface area contributed by atoms with E-state index in [1.165, 1.54) is 25.7 Å². The SMILES string of the molecule is CC1CCCC(CC(C)(C)C(C)(O)CN2CCOCC2)C1. The second kappa shape index (κ2) is 6.97. The van der Waals surface area contributed by atoms with E-state index in [9.17, 15) is 5.11 Å². The fraction of sp³-hybridized carbons (Fsp3) is 1.00. The van der Waals surface area contributed by atoms with Crippen molar-refractivity contribution in [2.45, 2.75) is 65.4 Å². The number of β-amino-alcohol motifs (C(OH)–C–C–N with tert-alkyl or cyclic N) is 1. The Morgan fingerprint density at radius 3 is 2.43 bits per heavy atom. The van der Waals surface area contributed by atoms with Gasteiger partial charge in [0.15, 0.2) is 0 Å². The molecule has 3 atom stereocenters. The summed E-state index contributed by atoms with van der Waals surface area (Å²) in [4.78, 5) is 2.36. The fourth-order valence-electron chi connectivity index (χ4n) is 4.10. The van der Waals surface area contributed by atoms with Gasteiger partial charge in [0.25, 0.3) is 0 Å². The van der Waals surface area contributed by atoms with Crippen molar-refractivity contribution in [3.05, 3.63) is 0 Å². The van der Waals surface area contributed by atoms with Crippen molar-refractivity contribution >= 4 is 0 Å². The van der Waals surface area contributed by atoms with E-state index in [2.05, 4.69) is 25.7 Å². The van der Waals surface area contributed by atoms with Gasteiger partial charge in [-0.1, -0.05) is 40.0 Å². The number of hydrogen-bond acceptors (Lipinski definition) is 3. The third kappa shape index (κ3) is 4.67. The van der Waals surface area contributed by atoms with Gasteiger partial charge in [0.2, 0.25) is 0 Å². The molecular formula is C18H35NO2. The Morgan fingerprint density at radius 2 is 1.81 bits per heavy atom. The molecule has 1 heterocycles. The highest BCUT2D eigenvalue weighted by Crippen LogP contribution is 2.42. The maximum absolute atomic E-state index is 11.1. The maximum atomic E-state index is 11.1. The van der Waals surface area contributed by atoms with Crippen LogP contribution in [0.3, 0.4) is 0 Å². The number of aliphatic hydroxyl groups is 1. The second-order valence-electron chi connectivity index (χ2n) is 8.39. The monoisotopic (exact) mass is 297 g/mol. The summed E-state index contributed by atoms with van der Waals surface area (Å²) in [6.45, 7) is 13.2. The lowest BCUT2D eigenvalue weighted by molar-refractivity contribution is -0.0978. The van der Waals surface area contributed by atoms with Crippen molar-refractivity contribution in [3.8, 4) is 0 Å². The Bertz CT molecular complexity index is 321. The van der Waals surface area contributed by atoms with E-state index in [1.807, 2.05) is 6.92 Å². The fourth-order valence-corrected chi connectivity index (χ4v) is 4.10. The summed E-state index contributed by atoms with van der Waals surface area (Å²) < 4.78 is 5.41. The molecule has 1 N–H and O–H groups in total. The van der Waals surface area contributed by atoms with E-state index >= 15 is 0 Å². The molecule has 0 amide bonds. The molecule has 3 unspecified atom stereocenters. The minimum atomic E-state index is -0.634. The van der Waals surface area contributed by atoms with Gasteiger partial charge in [-0.25, -0.2) is 0 Å². The molecule has 0 spiro atoms. The zero-order valence-corrected chi connectivity index (χ0v) is 14.5. The zero-order valence-electron chi connectivity index (χ0n) is 14.5. The van der Waals surface area contributed by atoms with Gasteiger partial charge in [0, 0.05) is 19.6 Å². The van der Waals surface area contributed by atoms with Crippen LogP contribution in [0.25, 0.3) is 0 Å². The van der Waals surface area contributed by atoms with E-state index < -0.39 is 5.60 Å². The van der Waals surface area contributed by atoms with E-state index in [0.717, 1.165) is 51.1 Å². The molecule has 21 heavy (non-hydrogen) atoms. The predicted molar refractivity (Wildman–Crippen MR) is 87.4 cm³/mol. The molecule has 3 nitrogen and oxygen atoms in total. The van der Waals surface area contributed by atoms with Crippen molar-refractivity contribution in [1.29, 1.82) is 0 Å². The molecule has 0 aromatic heterocycles. The van der Waals surface area contributed by atoms with Crippen LogP contribution < -0.4 is 0 Å². The van der Waals surface area contributed by atoms with Gasteiger partial charge in [-0.3, -0.25) is 4.90 Å². The topological polar surface area (TPSA) is 32.7 Å². The number of hydrogen-bond donors (Lipinski definition) is 1. The Kier molecular flexibility index (Phi) is 5.72. The lowest BCUT2D eigenvalue weighted by Gasteiger charge is -2.46. The molecule has 1 aliphatic carbocycles. The van der Waals surface area contributed by atoms with Crippen molar-refractivity contribution < 1.29 is 9.84 Å². The standard InChI is InChI=1S/C18H35NO2/c1-15-6-5-7-16(12-15)13-17(2,3)18(4,20)14-19-8-10-21-11-9-19/h15-16,20H,5-14H2,1-4H3. The Balaban J connectivity index is 1.91. The van der Waals surface area contributed by atoms with Crippen molar-refractivity contribution in [2.75, 3.05) is 32.8 Å². The summed E-state index contributed by atoms with van der Waals surface area (Å²) in [5.41, 5.74) is -0.669. The molecule has 0 radical (unpaired) electrons. The average Bonchev–Trinajstić information content (AvgIpc) is 2.38. The van der Waals surface area contributed by atoms with E-state index in [1.54, 1.807) is 0 Å². The Morgan fingerprint density at radius 1 is 1.14 bits per heavy atom. The van der Waals surface area contributed by atoms with Crippen LogP contribution in [0.15, 0.2) is 0 Å². The molecule has 2 aliphatic rings. The molecule has 124 valence electrons. The van der Waals surface area contributed by atoms with Crippen molar-refractivity contribution in [2.24, 2.45) is 17.3 Å². The second-order valence-corrected chi connectivity index (χ2v) is 8.39. The number of nitrogens with zero attached hydrogens (tertiary/aromatic N) is 1. The third-order valence-electron chi connectivity index (χ3n) is 5.94. The minimum Gasteiger partial charge on any atom is -0.388 e. The molecule has 1 aliphatic heterocycles. The summed E-state index contributed by atoms with van der Waals surface area (Å²) in [6, 6.07) is 0. The van der Waals surface area contributed by atoms with Crippen LogP contribution in [0.5, 0.6) is 0 Å². The highest BCUT2D eigenvalue weighted by Gasteiger charge is 2.42. The normalized spacial score (nSPS) is 31.9. The highest BCUT2D eigenvalue weighted by molar-refractivity contribution is 4.94. The van der Waals surface area contributed by atoms with E-state index in [-0.39, 0.29) is 5.41 Å². The Hall–Kier alpha value is -0.120. The maximum Gasteiger partial charge on any atom is 0.0796 e. The average molecular weight is 297 g/mol. The molecular weight excluding hydrogens is 262 g/mol.